The summed E-state index contributed by atoms with van der Waals surface area (Å²) in [5, 5.41) is 14.0. The molecule has 0 bridgehead atoms. The maximum Gasteiger partial charge on any atom is 0.277 e. The zero-order valence-corrected chi connectivity index (χ0v) is 11.4. The van der Waals surface area contributed by atoms with Crippen LogP contribution < -0.4 is 10.1 Å². The minimum Gasteiger partial charge on any atom is -0.480 e. The van der Waals surface area contributed by atoms with Gasteiger partial charge in [-0.2, -0.15) is 5.10 Å². The molecule has 0 aliphatic rings. The van der Waals surface area contributed by atoms with E-state index in [9.17, 15) is 4.79 Å². The molecular weight excluding hydrogens is 288 g/mol. The summed E-state index contributed by atoms with van der Waals surface area (Å²) in [6.45, 7) is 0. The molecule has 0 atom stereocenters. The molecule has 3 heterocycles. The smallest absolute Gasteiger partial charge is 0.277 e. The van der Waals surface area contributed by atoms with Gasteiger partial charge in [0.1, 0.15) is 24.8 Å². The number of rotatable bonds is 4. The Labute approximate surface area is 124 Å². The first kappa shape index (κ1) is 13.5. The molecule has 1 amide bonds. The summed E-state index contributed by atoms with van der Waals surface area (Å²) in [4.78, 5) is 23.9. The molecule has 0 aromatic carbocycles. The van der Waals surface area contributed by atoms with E-state index >= 15 is 0 Å². The van der Waals surface area contributed by atoms with E-state index in [4.69, 9.17) is 4.74 Å². The summed E-state index contributed by atoms with van der Waals surface area (Å²) in [6, 6.07) is 4.60. The zero-order chi connectivity index (χ0) is 15.4. The second-order valence-corrected chi connectivity index (χ2v) is 4.02. The highest BCUT2D eigenvalue weighted by atomic mass is 16.5. The number of hydrogen-bond acceptors (Lipinski definition) is 8. The third-order valence-corrected chi connectivity index (χ3v) is 2.63. The molecule has 0 spiro atoms. The van der Waals surface area contributed by atoms with Crippen molar-refractivity contribution in [1.29, 1.82) is 0 Å². The first-order chi connectivity index (χ1) is 10.8. The topological polar surface area (TPSA) is 121 Å². The van der Waals surface area contributed by atoms with Gasteiger partial charge in [-0.15, -0.1) is 10.2 Å². The Bertz CT molecular complexity index is 772. The van der Waals surface area contributed by atoms with Crippen LogP contribution in [0.25, 0.3) is 5.82 Å². The van der Waals surface area contributed by atoms with Crippen molar-refractivity contribution in [2.24, 2.45) is 0 Å². The van der Waals surface area contributed by atoms with Crippen LogP contribution in [0.2, 0.25) is 0 Å². The Morgan fingerprint density at radius 2 is 2.14 bits per heavy atom. The van der Waals surface area contributed by atoms with Crippen molar-refractivity contribution in [2.75, 3.05) is 12.4 Å². The normalized spacial score (nSPS) is 10.2. The molecule has 0 aliphatic carbocycles. The van der Waals surface area contributed by atoms with Crippen molar-refractivity contribution in [3.05, 3.63) is 42.9 Å². The number of nitrogens with one attached hydrogen (secondary N) is 1. The summed E-state index contributed by atoms with van der Waals surface area (Å²) in [6.07, 6.45) is 4.18. The van der Waals surface area contributed by atoms with Gasteiger partial charge in [-0.1, -0.05) is 0 Å². The molecule has 0 fully saturated rings. The molecule has 1 N–H and O–H groups in total. The van der Waals surface area contributed by atoms with Crippen molar-refractivity contribution in [3.63, 3.8) is 0 Å². The lowest BCUT2D eigenvalue weighted by Crippen LogP contribution is -2.15. The number of methoxy groups -OCH3 is 1. The number of amides is 1. The van der Waals surface area contributed by atoms with E-state index in [2.05, 4.69) is 35.6 Å². The molecule has 110 valence electrons. The third kappa shape index (κ3) is 2.85. The molecule has 10 nitrogen and oxygen atoms in total. The Hall–Kier alpha value is -3.43. The molecule has 0 saturated heterocycles. The Balaban J connectivity index is 1.77. The van der Waals surface area contributed by atoms with Crippen LogP contribution >= 0.6 is 0 Å². The molecule has 0 aliphatic heterocycles. The Morgan fingerprint density at radius 3 is 2.82 bits per heavy atom. The lowest BCUT2D eigenvalue weighted by molar-refractivity contribution is 0.102. The monoisotopic (exact) mass is 298 g/mol. The number of carbonyl (C=O) groups is 1. The van der Waals surface area contributed by atoms with Crippen LogP contribution in [0.3, 0.4) is 0 Å². The van der Waals surface area contributed by atoms with Crippen LogP contribution in [0.4, 0.5) is 5.82 Å². The molecule has 0 radical (unpaired) electrons. The third-order valence-electron chi connectivity index (χ3n) is 2.63. The summed E-state index contributed by atoms with van der Waals surface area (Å²) in [5.41, 5.74) is 0.140. The molecule has 10 heteroatoms. The van der Waals surface area contributed by atoms with Gasteiger partial charge in [-0.25, -0.2) is 19.6 Å². The van der Waals surface area contributed by atoms with Gasteiger partial charge in [0.2, 0.25) is 5.88 Å². The molecule has 0 saturated carbocycles. The average Bonchev–Trinajstić information content (AvgIpc) is 3.10. The van der Waals surface area contributed by atoms with Crippen LogP contribution in [0.15, 0.2) is 37.2 Å². The van der Waals surface area contributed by atoms with Crippen LogP contribution in [-0.2, 0) is 0 Å². The summed E-state index contributed by atoms with van der Waals surface area (Å²) < 4.78 is 6.33. The van der Waals surface area contributed by atoms with Crippen LogP contribution in [0.1, 0.15) is 10.5 Å². The largest absolute Gasteiger partial charge is 0.480 e. The van der Waals surface area contributed by atoms with Gasteiger partial charge in [0.25, 0.3) is 5.91 Å². The average molecular weight is 298 g/mol. The number of anilines is 1. The first-order valence-corrected chi connectivity index (χ1v) is 6.12. The number of hydrogen-bond donors (Lipinski definition) is 1. The van der Waals surface area contributed by atoms with Gasteiger partial charge in [0.05, 0.1) is 7.11 Å². The van der Waals surface area contributed by atoms with Crippen molar-refractivity contribution < 1.29 is 9.53 Å². The minimum atomic E-state index is -0.446. The van der Waals surface area contributed by atoms with Crippen molar-refractivity contribution in [1.82, 2.24) is 34.9 Å². The summed E-state index contributed by atoms with van der Waals surface area (Å²) in [7, 11) is 1.47. The van der Waals surface area contributed by atoms with Crippen LogP contribution in [0.5, 0.6) is 5.88 Å². The first-order valence-electron chi connectivity index (χ1n) is 6.12. The zero-order valence-electron chi connectivity index (χ0n) is 11.4. The van der Waals surface area contributed by atoms with Gasteiger partial charge in [-0.3, -0.25) is 4.79 Å². The predicted molar refractivity (Wildman–Crippen MR) is 73.5 cm³/mol. The van der Waals surface area contributed by atoms with Crippen molar-refractivity contribution >= 4 is 11.7 Å². The van der Waals surface area contributed by atoms with Crippen molar-refractivity contribution in [3.8, 4) is 11.7 Å². The predicted octanol–water partition coefficient (Wildman–Crippen LogP) is 0.108. The fraction of sp³-hybridized carbons (Fsp3) is 0.0833. The number of aromatic nitrogens is 7. The maximum absolute atomic E-state index is 12.1. The summed E-state index contributed by atoms with van der Waals surface area (Å²) in [5.74, 6) is 0.664. The van der Waals surface area contributed by atoms with E-state index < -0.39 is 5.91 Å². The van der Waals surface area contributed by atoms with Crippen LogP contribution in [0, 0.1) is 0 Å². The fourth-order valence-electron chi connectivity index (χ4n) is 1.60. The quantitative estimate of drug-likeness (QED) is 0.720. The fourth-order valence-corrected chi connectivity index (χ4v) is 1.60. The van der Waals surface area contributed by atoms with Gasteiger partial charge in [0, 0.05) is 12.1 Å². The van der Waals surface area contributed by atoms with Crippen LogP contribution in [-0.4, -0.2) is 47.9 Å². The van der Waals surface area contributed by atoms with Gasteiger partial charge in [0.15, 0.2) is 11.5 Å². The molecule has 3 aromatic rings. The van der Waals surface area contributed by atoms with Crippen molar-refractivity contribution in [2.45, 2.75) is 0 Å². The van der Waals surface area contributed by atoms with E-state index in [1.807, 2.05) is 0 Å². The van der Waals surface area contributed by atoms with Gasteiger partial charge >= 0.3 is 0 Å². The minimum absolute atomic E-state index is 0.140. The molecule has 3 rings (SSSR count). The van der Waals surface area contributed by atoms with E-state index in [1.54, 1.807) is 12.1 Å². The molecule has 22 heavy (non-hydrogen) atoms. The van der Waals surface area contributed by atoms with E-state index in [0.717, 1.165) is 0 Å². The Morgan fingerprint density at radius 1 is 1.23 bits per heavy atom. The number of ether oxygens (including phenoxy) is 1. The van der Waals surface area contributed by atoms with E-state index in [0.29, 0.717) is 17.5 Å². The molecular formula is C12H10N8O2. The highest BCUT2D eigenvalue weighted by molar-refractivity contribution is 6.02. The number of nitrogens with zero attached hydrogens (tertiary/aromatic N) is 7. The van der Waals surface area contributed by atoms with E-state index in [-0.39, 0.29) is 5.69 Å². The molecule has 0 unspecified atom stereocenters. The highest BCUT2D eigenvalue weighted by Crippen LogP contribution is 2.09. The second-order valence-electron chi connectivity index (χ2n) is 4.02. The standard InChI is InChI=1S/C12H10N8O2/c1-22-11-3-2-8(18-19-11)12(21)17-9-4-10(15-6-14-9)20-7-13-5-16-20/h2-7H,1H3,(H,14,15,17,21). The Kier molecular flexibility index (Phi) is 3.64. The number of carbonyl (C=O) groups excluding carboxylic acids is 1. The highest BCUT2D eigenvalue weighted by Gasteiger charge is 2.10. The maximum atomic E-state index is 12.1. The lowest BCUT2D eigenvalue weighted by Gasteiger charge is -2.05. The molecule has 3 aromatic heterocycles. The van der Waals surface area contributed by atoms with E-state index in [1.165, 1.54) is 36.8 Å². The van der Waals surface area contributed by atoms with Gasteiger partial charge in [-0.05, 0) is 6.07 Å². The summed E-state index contributed by atoms with van der Waals surface area (Å²) >= 11 is 0. The lowest BCUT2D eigenvalue weighted by atomic mass is 10.3. The SMILES string of the molecule is COc1ccc(C(=O)Nc2cc(-n3cncn3)ncn2)nn1. The second kappa shape index (κ2) is 5.91. The van der Waals surface area contributed by atoms with Gasteiger partial charge < -0.3 is 10.1 Å².